The van der Waals surface area contributed by atoms with Gasteiger partial charge in [-0.2, -0.15) is 0 Å². The van der Waals surface area contributed by atoms with Crippen LogP contribution in [0.25, 0.3) is 0 Å². The summed E-state index contributed by atoms with van der Waals surface area (Å²) in [4.78, 5) is 14.0. The second-order valence-electron chi connectivity index (χ2n) is 4.89. The van der Waals surface area contributed by atoms with Gasteiger partial charge in [-0.05, 0) is 51.4 Å². The average molecular weight is 264 g/mol. The molecule has 0 unspecified atom stereocenters. The van der Waals surface area contributed by atoms with Crippen molar-refractivity contribution < 1.29 is 9.53 Å². The third-order valence-corrected chi connectivity index (χ3v) is 2.74. The number of anilines is 1. The zero-order valence-electron chi connectivity index (χ0n) is 12.1. The second kappa shape index (κ2) is 7.92. The van der Waals surface area contributed by atoms with Gasteiger partial charge in [-0.1, -0.05) is 12.1 Å². The van der Waals surface area contributed by atoms with Gasteiger partial charge in [0.15, 0.2) is 0 Å². The number of benzene rings is 1. The van der Waals surface area contributed by atoms with E-state index >= 15 is 0 Å². The van der Waals surface area contributed by atoms with E-state index in [-0.39, 0.29) is 18.6 Å². The van der Waals surface area contributed by atoms with Crippen molar-refractivity contribution >= 4 is 11.6 Å². The third-order valence-electron chi connectivity index (χ3n) is 2.74. The minimum Gasteiger partial charge on any atom is -0.369 e. The number of nitrogens with two attached hydrogens (primary N) is 1. The minimum absolute atomic E-state index is 0.0206. The number of carbonyl (C=O) groups is 1. The van der Waals surface area contributed by atoms with Crippen LogP contribution in [0.5, 0.6) is 0 Å². The first-order chi connectivity index (χ1) is 9.04. The molecular weight excluding hydrogens is 240 g/mol. The lowest BCUT2D eigenvalue weighted by Crippen LogP contribution is -2.36. The first-order valence-electron chi connectivity index (χ1n) is 6.73. The number of hydrogen-bond donors (Lipinski definition) is 1. The lowest BCUT2D eigenvalue weighted by Gasteiger charge is -2.23. The Morgan fingerprint density at radius 3 is 2.74 bits per heavy atom. The summed E-state index contributed by atoms with van der Waals surface area (Å²) in [7, 11) is 0. The van der Waals surface area contributed by atoms with Crippen molar-refractivity contribution in [2.24, 2.45) is 5.73 Å². The van der Waals surface area contributed by atoms with E-state index in [9.17, 15) is 4.79 Å². The lowest BCUT2D eigenvalue weighted by molar-refractivity contribution is -0.124. The first-order valence-corrected chi connectivity index (χ1v) is 6.73. The highest BCUT2D eigenvalue weighted by atomic mass is 16.5. The number of ether oxygens (including phenoxy) is 1. The van der Waals surface area contributed by atoms with Gasteiger partial charge in [0.2, 0.25) is 0 Å². The Labute approximate surface area is 115 Å². The molecule has 4 nitrogen and oxygen atoms in total. The van der Waals surface area contributed by atoms with Gasteiger partial charge in [-0.25, -0.2) is 0 Å². The molecule has 0 radical (unpaired) electrons. The van der Waals surface area contributed by atoms with Crippen molar-refractivity contribution in [1.82, 2.24) is 0 Å². The molecule has 0 aliphatic rings. The van der Waals surface area contributed by atoms with E-state index in [0.717, 1.165) is 17.7 Å². The molecule has 0 spiro atoms. The molecule has 4 heteroatoms. The van der Waals surface area contributed by atoms with E-state index in [2.05, 4.69) is 0 Å². The number of aryl methyl sites for hydroxylation is 1. The van der Waals surface area contributed by atoms with Crippen molar-refractivity contribution in [2.45, 2.75) is 33.3 Å². The summed E-state index contributed by atoms with van der Waals surface area (Å²) >= 11 is 0. The standard InChI is InChI=1S/C15H24N2O2/c1-12(2)19-11-15(18)17(9-5-8-16)14-7-4-6-13(3)10-14/h4,6-7,10,12H,5,8-9,11,16H2,1-3H3. The van der Waals surface area contributed by atoms with Crippen LogP contribution < -0.4 is 10.6 Å². The van der Waals surface area contributed by atoms with E-state index in [1.807, 2.05) is 45.0 Å². The van der Waals surface area contributed by atoms with Gasteiger partial charge in [0.05, 0.1) is 6.10 Å². The van der Waals surface area contributed by atoms with Crippen LogP contribution in [-0.2, 0) is 9.53 Å². The molecule has 0 saturated carbocycles. The van der Waals surface area contributed by atoms with Gasteiger partial charge in [0, 0.05) is 12.2 Å². The number of rotatable bonds is 7. The Kier molecular flexibility index (Phi) is 6.53. The molecule has 0 atom stereocenters. The van der Waals surface area contributed by atoms with Crippen molar-refractivity contribution in [3.05, 3.63) is 29.8 Å². The SMILES string of the molecule is Cc1cccc(N(CCCN)C(=O)COC(C)C)c1. The largest absolute Gasteiger partial charge is 0.369 e. The molecule has 1 aromatic rings. The highest BCUT2D eigenvalue weighted by Gasteiger charge is 2.15. The second-order valence-corrected chi connectivity index (χ2v) is 4.89. The predicted octanol–water partition coefficient (Wildman–Crippen LogP) is 2.10. The molecule has 0 aliphatic carbocycles. The van der Waals surface area contributed by atoms with E-state index in [1.165, 1.54) is 0 Å². The van der Waals surface area contributed by atoms with Crippen LogP contribution in [-0.4, -0.2) is 31.7 Å². The van der Waals surface area contributed by atoms with Crippen molar-refractivity contribution in [1.29, 1.82) is 0 Å². The molecule has 0 aromatic heterocycles. The van der Waals surface area contributed by atoms with Crippen molar-refractivity contribution in [2.75, 3.05) is 24.6 Å². The van der Waals surface area contributed by atoms with E-state index in [0.29, 0.717) is 13.1 Å². The maximum atomic E-state index is 12.2. The summed E-state index contributed by atoms with van der Waals surface area (Å²) in [5, 5.41) is 0. The fourth-order valence-electron chi connectivity index (χ4n) is 1.76. The summed E-state index contributed by atoms with van der Waals surface area (Å²) in [5.41, 5.74) is 7.58. The topological polar surface area (TPSA) is 55.6 Å². The van der Waals surface area contributed by atoms with E-state index in [1.54, 1.807) is 4.90 Å². The molecule has 0 saturated heterocycles. The van der Waals surface area contributed by atoms with Gasteiger partial charge in [-0.3, -0.25) is 4.79 Å². The van der Waals surface area contributed by atoms with Crippen LogP contribution in [0, 0.1) is 6.92 Å². The van der Waals surface area contributed by atoms with Crippen LogP contribution in [0.4, 0.5) is 5.69 Å². The summed E-state index contributed by atoms with van der Waals surface area (Å²) in [6.45, 7) is 7.16. The minimum atomic E-state index is -0.0206. The monoisotopic (exact) mass is 264 g/mol. The molecule has 0 heterocycles. The fraction of sp³-hybridized carbons (Fsp3) is 0.533. The van der Waals surface area contributed by atoms with E-state index in [4.69, 9.17) is 10.5 Å². The normalized spacial score (nSPS) is 10.8. The zero-order chi connectivity index (χ0) is 14.3. The van der Waals surface area contributed by atoms with Crippen LogP contribution in [0.3, 0.4) is 0 Å². The fourth-order valence-corrected chi connectivity index (χ4v) is 1.76. The number of nitrogens with zero attached hydrogens (tertiary/aromatic N) is 1. The van der Waals surface area contributed by atoms with Gasteiger partial charge >= 0.3 is 0 Å². The van der Waals surface area contributed by atoms with Crippen molar-refractivity contribution in [3.8, 4) is 0 Å². The Balaban J connectivity index is 2.78. The third kappa shape index (κ3) is 5.41. The molecule has 1 aromatic carbocycles. The number of amides is 1. The smallest absolute Gasteiger partial charge is 0.252 e. The average Bonchev–Trinajstić information content (AvgIpc) is 2.37. The molecule has 1 rings (SSSR count). The van der Waals surface area contributed by atoms with Gasteiger partial charge in [0.25, 0.3) is 5.91 Å². The predicted molar refractivity (Wildman–Crippen MR) is 78.3 cm³/mol. The Morgan fingerprint density at radius 2 is 2.16 bits per heavy atom. The maximum absolute atomic E-state index is 12.2. The summed E-state index contributed by atoms with van der Waals surface area (Å²) in [6.07, 6.45) is 0.833. The van der Waals surface area contributed by atoms with Gasteiger partial charge in [0.1, 0.15) is 6.61 Å². The highest BCUT2D eigenvalue weighted by molar-refractivity contribution is 5.94. The molecule has 106 valence electrons. The summed E-state index contributed by atoms with van der Waals surface area (Å²) < 4.78 is 5.39. The van der Waals surface area contributed by atoms with Crippen LogP contribution in [0.15, 0.2) is 24.3 Å². The summed E-state index contributed by atoms with van der Waals surface area (Å²) in [5.74, 6) is -0.0206. The van der Waals surface area contributed by atoms with Gasteiger partial charge in [-0.15, -0.1) is 0 Å². The lowest BCUT2D eigenvalue weighted by atomic mass is 10.2. The maximum Gasteiger partial charge on any atom is 0.252 e. The molecule has 0 fully saturated rings. The Morgan fingerprint density at radius 1 is 1.42 bits per heavy atom. The highest BCUT2D eigenvalue weighted by Crippen LogP contribution is 2.16. The van der Waals surface area contributed by atoms with Crippen LogP contribution in [0.2, 0.25) is 0 Å². The molecular formula is C15H24N2O2. The molecule has 0 bridgehead atoms. The van der Waals surface area contributed by atoms with E-state index < -0.39 is 0 Å². The molecule has 19 heavy (non-hydrogen) atoms. The van der Waals surface area contributed by atoms with Crippen LogP contribution in [0.1, 0.15) is 25.8 Å². The Bertz CT molecular complexity index is 405. The quantitative estimate of drug-likeness (QED) is 0.820. The summed E-state index contributed by atoms with van der Waals surface area (Å²) in [6, 6.07) is 7.91. The van der Waals surface area contributed by atoms with Gasteiger partial charge < -0.3 is 15.4 Å². The zero-order valence-corrected chi connectivity index (χ0v) is 12.1. The number of hydrogen-bond acceptors (Lipinski definition) is 3. The first kappa shape index (κ1) is 15.7. The number of carbonyl (C=O) groups excluding carboxylic acids is 1. The molecule has 2 N–H and O–H groups in total. The van der Waals surface area contributed by atoms with Crippen molar-refractivity contribution in [3.63, 3.8) is 0 Å². The molecule has 0 aliphatic heterocycles. The molecule has 1 amide bonds. The van der Waals surface area contributed by atoms with Crippen LogP contribution >= 0.6 is 0 Å². The Hall–Kier alpha value is -1.39.